The second-order valence-corrected chi connectivity index (χ2v) is 5.18. The van der Waals surface area contributed by atoms with Crippen LogP contribution in [0.5, 0.6) is 17.2 Å². The van der Waals surface area contributed by atoms with Gasteiger partial charge in [-0.2, -0.15) is 0 Å². The number of hydrogen-bond donors (Lipinski definition) is 3. The Hall–Kier alpha value is -1.54. The molecule has 4 saturated heterocycles. The zero-order chi connectivity index (χ0) is 13.4. The van der Waals surface area contributed by atoms with Crippen LogP contribution in [0.4, 0.5) is 0 Å². The zero-order valence-electron chi connectivity index (χ0n) is 10.6. The van der Waals surface area contributed by atoms with E-state index < -0.39 is 5.75 Å². The largest absolute Gasteiger partial charge is 0.504 e. The van der Waals surface area contributed by atoms with Gasteiger partial charge in [0.2, 0.25) is 0 Å². The topological polar surface area (TPSA) is 73.7 Å². The van der Waals surface area contributed by atoms with Gasteiger partial charge in [0.25, 0.3) is 0 Å². The molecular formula is C12H18N4O3. The Kier molecular flexibility index (Phi) is 3.19. The molecule has 4 heterocycles. The van der Waals surface area contributed by atoms with Crippen LogP contribution in [0.1, 0.15) is 0 Å². The normalized spacial score (nSPS) is 34.7. The Morgan fingerprint density at radius 3 is 1.21 bits per heavy atom. The van der Waals surface area contributed by atoms with E-state index in [0.717, 1.165) is 0 Å². The van der Waals surface area contributed by atoms with Crippen LogP contribution in [0.25, 0.3) is 0 Å². The van der Waals surface area contributed by atoms with E-state index in [0.29, 0.717) is 0 Å². The summed E-state index contributed by atoms with van der Waals surface area (Å²) in [4.78, 5) is 9.88. The molecule has 0 amide bonds. The molecule has 1 aromatic rings. The Morgan fingerprint density at radius 2 is 0.947 bits per heavy atom. The minimum Gasteiger partial charge on any atom is -0.504 e. The first-order valence-corrected chi connectivity index (χ1v) is 6.21. The molecule has 5 rings (SSSR count). The van der Waals surface area contributed by atoms with Gasteiger partial charge in [0.1, 0.15) is 0 Å². The lowest BCUT2D eigenvalue weighted by Crippen LogP contribution is -2.71. The number of phenols is 3. The highest BCUT2D eigenvalue weighted by molar-refractivity contribution is 5.47. The predicted octanol–water partition coefficient (Wildman–Crippen LogP) is -0.216. The first kappa shape index (κ1) is 12.5. The molecule has 19 heavy (non-hydrogen) atoms. The maximum absolute atomic E-state index is 8.71. The molecule has 3 N–H and O–H groups in total. The molecule has 4 aliphatic rings. The Balaban J connectivity index is 0.000000117. The molecule has 0 aromatic heterocycles. The Morgan fingerprint density at radius 1 is 0.632 bits per heavy atom. The van der Waals surface area contributed by atoms with Gasteiger partial charge in [0.05, 0.1) is 40.0 Å². The molecule has 4 fully saturated rings. The molecular weight excluding hydrogens is 248 g/mol. The first-order valence-electron chi connectivity index (χ1n) is 6.21. The van der Waals surface area contributed by atoms with Crippen molar-refractivity contribution in [3.05, 3.63) is 18.2 Å². The maximum atomic E-state index is 8.71. The lowest BCUT2D eigenvalue weighted by atomic mass is 10.3. The second kappa shape index (κ2) is 4.86. The molecule has 0 saturated carbocycles. The fraction of sp³-hybridized carbons (Fsp3) is 0.500. The van der Waals surface area contributed by atoms with Crippen molar-refractivity contribution in [2.24, 2.45) is 0 Å². The smallest absolute Gasteiger partial charge is 0.200 e. The Bertz CT molecular complexity index is 392. The highest BCUT2D eigenvalue weighted by Crippen LogP contribution is 2.32. The summed E-state index contributed by atoms with van der Waals surface area (Å²) in [6, 6.07) is 4.01. The number of phenolic OH excluding ortho intramolecular Hbond substituents is 3. The molecule has 0 radical (unpaired) electrons. The number of para-hydroxylation sites is 1. The van der Waals surface area contributed by atoms with E-state index >= 15 is 0 Å². The van der Waals surface area contributed by atoms with Crippen LogP contribution in [0.15, 0.2) is 18.2 Å². The van der Waals surface area contributed by atoms with Crippen molar-refractivity contribution in [1.82, 2.24) is 19.6 Å². The van der Waals surface area contributed by atoms with Crippen LogP contribution in [0.3, 0.4) is 0 Å². The molecule has 1 aromatic carbocycles. The van der Waals surface area contributed by atoms with Crippen molar-refractivity contribution in [3.63, 3.8) is 0 Å². The summed E-state index contributed by atoms with van der Waals surface area (Å²) in [5.74, 6) is -1.09. The Labute approximate surface area is 111 Å². The number of benzene rings is 1. The van der Waals surface area contributed by atoms with Crippen LogP contribution in [-0.2, 0) is 0 Å². The van der Waals surface area contributed by atoms with E-state index in [1.54, 1.807) is 0 Å². The van der Waals surface area contributed by atoms with E-state index in [1.165, 1.54) is 58.2 Å². The van der Waals surface area contributed by atoms with Crippen molar-refractivity contribution in [1.29, 1.82) is 0 Å². The van der Waals surface area contributed by atoms with E-state index in [-0.39, 0.29) is 11.5 Å². The molecule has 0 unspecified atom stereocenters. The minimum absolute atomic E-state index is 0.310. The summed E-state index contributed by atoms with van der Waals surface area (Å²) < 4.78 is 0. The third kappa shape index (κ3) is 2.59. The first-order chi connectivity index (χ1) is 9.11. The second-order valence-electron chi connectivity index (χ2n) is 5.18. The zero-order valence-corrected chi connectivity index (χ0v) is 10.6. The summed E-state index contributed by atoms with van der Waals surface area (Å²) in [5, 5.41) is 26.1. The van der Waals surface area contributed by atoms with E-state index in [9.17, 15) is 0 Å². The average Bonchev–Trinajstić information content (AvgIpc) is 2.35. The SMILES string of the molecule is C1N2CN3CN1CN(C2)C3.Oc1cccc(O)c1O. The van der Waals surface area contributed by atoms with E-state index in [1.807, 2.05) is 0 Å². The van der Waals surface area contributed by atoms with Crippen molar-refractivity contribution in [2.75, 3.05) is 40.0 Å². The molecule has 7 heteroatoms. The quantitative estimate of drug-likeness (QED) is 0.561. The van der Waals surface area contributed by atoms with Crippen molar-refractivity contribution in [2.45, 2.75) is 0 Å². The monoisotopic (exact) mass is 266 g/mol. The number of rotatable bonds is 0. The summed E-state index contributed by atoms with van der Waals surface area (Å²) in [6.45, 7) is 7.12. The van der Waals surface area contributed by atoms with E-state index in [4.69, 9.17) is 15.3 Å². The molecule has 0 atom stereocenters. The van der Waals surface area contributed by atoms with Gasteiger partial charge in [-0.3, -0.25) is 19.6 Å². The lowest BCUT2D eigenvalue weighted by molar-refractivity contribution is -0.194. The number of aromatic hydroxyl groups is 3. The highest BCUT2D eigenvalue weighted by atomic mass is 16.3. The lowest BCUT2D eigenvalue weighted by Gasteiger charge is -2.56. The van der Waals surface area contributed by atoms with Gasteiger partial charge in [0.15, 0.2) is 17.2 Å². The highest BCUT2D eigenvalue weighted by Gasteiger charge is 2.36. The van der Waals surface area contributed by atoms with Gasteiger partial charge in [-0.25, -0.2) is 0 Å². The van der Waals surface area contributed by atoms with Gasteiger partial charge < -0.3 is 15.3 Å². The molecule has 7 nitrogen and oxygen atoms in total. The van der Waals surface area contributed by atoms with Gasteiger partial charge in [-0.15, -0.1) is 0 Å². The van der Waals surface area contributed by atoms with Crippen LogP contribution in [-0.4, -0.2) is 74.9 Å². The average molecular weight is 266 g/mol. The van der Waals surface area contributed by atoms with Crippen molar-refractivity contribution < 1.29 is 15.3 Å². The van der Waals surface area contributed by atoms with Gasteiger partial charge >= 0.3 is 0 Å². The summed E-state index contributed by atoms with van der Waals surface area (Å²) in [6.07, 6.45) is 0. The summed E-state index contributed by atoms with van der Waals surface area (Å²) in [5.41, 5.74) is 0. The predicted molar refractivity (Wildman–Crippen MR) is 68.0 cm³/mol. The van der Waals surface area contributed by atoms with Crippen LogP contribution in [0, 0.1) is 0 Å². The summed E-state index contributed by atoms with van der Waals surface area (Å²) >= 11 is 0. The molecule has 0 aliphatic carbocycles. The van der Waals surface area contributed by atoms with Gasteiger partial charge in [0, 0.05) is 0 Å². The molecule has 4 bridgehead atoms. The van der Waals surface area contributed by atoms with Crippen LogP contribution >= 0.6 is 0 Å². The third-order valence-corrected chi connectivity index (χ3v) is 3.39. The molecule has 0 spiro atoms. The fourth-order valence-electron chi connectivity index (χ4n) is 2.75. The fourth-order valence-corrected chi connectivity index (χ4v) is 2.75. The molecule has 104 valence electrons. The number of nitrogens with zero attached hydrogens (tertiary/aromatic N) is 4. The van der Waals surface area contributed by atoms with Crippen LogP contribution in [0.2, 0.25) is 0 Å². The van der Waals surface area contributed by atoms with Crippen molar-refractivity contribution in [3.8, 4) is 17.2 Å². The standard InChI is InChI=1S/C6H12N4.C6H6O3/c1-7-2-9-4-8(1)5-10(3-7)6-9;7-4-2-1-3-5(8)6(4)9/h1-6H2;1-3,7-9H. The molecule has 4 aliphatic heterocycles. The van der Waals surface area contributed by atoms with E-state index in [2.05, 4.69) is 19.6 Å². The van der Waals surface area contributed by atoms with Gasteiger partial charge in [-0.05, 0) is 12.1 Å². The van der Waals surface area contributed by atoms with Crippen molar-refractivity contribution >= 4 is 0 Å². The van der Waals surface area contributed by atoms with Crippen LogP contribution < -0.4 is 0 Å². The third-order valence-electron chi connectivity index (χ3n) is 3.39. The minimum atomic E-state index is -0.475. The summed E-state index contributed by atoms with van der Waals surface area (Å²) in [7, 11) is 0. The maximum Gasteiger partial charge on any atom is 0.200 e. The van der Waals surface area contributed by atoms with Gasteiger partial charge in [-0.1, -0.05) is 6.07 Å². The number of hydrogen-bond acceptors (Lipinski definition) is 7.